The van der Waals surface area contributed by atoms with Crippen LogP contribution in [0.15, 0.2) is 28.8 Å². The van der Waals surface area contributed by atoms with Crippen molar-refractivity contribution in [1.82, 2.24) is 15.0 Å². The highest BCUT2D eigenvalue weighted by Gasteiger charge is 2.37. The van der Waals surface area contributed by atoms with Crippen LogP contribution in [0.1, 0.15) is 54.9 Å². The zero-order chi connectivity index (χ0) is 18.2. The second-order valence-electron chi connectivity index (χ2n) is 6.48. The molecule has 3 rings (SSSR count). The molecular weight excluding hydrogens is 335 g/mol. The van der Waals surface area contributed by atoms with E-state index in [9.17, 15) is 18.0 Å². The normalized spacial score (nSPS) is 18.4. The molecule has 1 aliphatic heterocycles. The Balaban J connectivity index is 1.76. The lowest BCUT2D eigenvalue weighted by atomic mass is 10.1. The van der Waals surface area contributed by atoms with Crippen LogP contribution in [0.5, 0.6) is 0 Å². The first-order valence-corrected chi connectivity index (χ1v) is 8.02. The summed E-state index contributed by atoms with van der Waals surface area (Å²) in [4.78, 5) is 17.9. The van der Waals surface area contributed by atoms with Gasteiger partial charge in [-0.25, -0.2) is 0 Å². The number of carbonyl (C=O) groups is 1. The van der Waals surface area contributed by atoms with E-state index in [0.29, 0.717) is 11.7 Å². The summed E-state index contributed by atoms with van der Waals surface area (Å²) in [6, 6.07) is 5.30. The molecule has 0 radical (unpaired) electrons. The SMILES string of the molecule is CC(C)c1noc(C2CC(=O)N(Cc3ccccc3C(F)(F)F)C2)n1. The maximum Gasteiger partial charge on any atom is 0.416 e. The van der Waals surface area contributed by atoms with E-state index in [2.05, 4.69) is 10.1 Å². The van der Waals surface area contributed by atoms with Crippen LogP contribution in [0.3, 0.4) is 0 Å². The van der Waals surface area contributed by atoms with E-state index in [1.54, 1.807) is 0 Å². The van der Waals surface area contributed by atoms with Crippen LogP contribution in [0, 0.1) is 0 Å². The van der Waals surface area contributed by atoms with E-state index >= 15 is 0 Å². The number of benzene rings is 1. The van der Waals surface area contributed by atoms with Gasteiger partial charge in [0.1, 0.15) is 0 Å². The molecule has 25 heavy (non-hydrogen) atoms. The summed E-state index contributed by atoms with van der Waals surface area (Å²) in [6.45, 7) is 4.03. The Kier molecular flexibility index (Phi) is 4.53. The lowest BCUT2D eigenvalue weighted by Gasteiger charge is -2.19. The third kappa shape index (κ3) is 3.67. The Hall–Kier alpha value is -2.38. The summed E-state index contributed by atoms with van der Waals surface area (Å²) < 4.78 is 44.5. The van der Waals surface area contributed by atoms with Gasteiger partial charge in [0, 0.05) is 25.4 Å². The molecule has 1 aromatic carbocycles. The van der Waals surface area contributed by atoms with E-state index in [4.69, 9.17) is 4.52 Å². The number of alkyl halides is 3. The number of aromatic nitrogens is 2. The molecule has 1 aliphatic rings. The first-order valence-electron chi connectivity index (χ1n) is 8.02. The molecule has 0 bridgehead atoms. The Morgan fingerprint density at radius 3 is 2.68 bits per heavy atom. The van der Waals surface area contributed by atoms with Crippen LogP contribution in [0.4, 0.5) is 13.2 Å². The number of carbonyl (C=O) groups excluding carboxylic acids is 1. The van der Waals surface area contributed by atoms with E-state index in [-0.39, 0.29) is 42.8 Å². The summed E-state index contributed by atoms with van der Waals surface area (Å²) in [5.74, 6) is 0.521. The second kappa shape index (κ2) is 6.50. The van der Waals surface area contributed by atoms with Crippen LogP contribution in [0.2, 0.25) is 0 Å². The van der Waals surface area contributed by atoms with Crippen molar-refractivity contribution in [3.05, 3.63) is 47.1 Å². The molecular formula is C17H18F3N3O2. The first-order chi connectivity index (χ1) is 11.8. The Morgan fingerprint density at radius 2 is 2.04 bits per heavy atom. The molecule has 1 saturated heterocycles. The topological polar surface area (TPSA) is 59.2 Å². The van der Waals surface area contributed by atoms with Gasteiger partial charge in [-0.1, -0.05) is 37.2 Å². The molecule has 0 N–H and O–H groups in total. The van der Waals surface area contributed by atoms with Crippen molar-refractivity contribution in [2.24, 2.45) is 0 Å². The van der Waals surface area contributed by atoms with Crippen LogP contribution < -0.4 is 0 Å². The predicted octanol–water partition coefficient (Wildman–Crippen LogP) is 3.73. The Bertz CT molecular complexity index is 770. The maximum absolute atomic E-state index is 13.1. The third-order valence-corrected chi connectivity index (χ3v) is 4.22. The lowest BCUT2D eigenvalue weighted by Crippen LogP contribution is -2.26. The number of hydrogen-bond acceptors (Lipinski definition) is 4. The molecule has 2 aromatic rings. The highest BCUT2D eigenvalue weighted by molar-refractivity contribution is 5.79. The summed E-state index contributed by atoms with van der Waals surface area (Å²) in [6.07, 6.45) is -4.29. The van der Waals surface area contributed by atoms with Crippen molar-refractivity contribution in [1.29, 1.82) is 0 Å². The molecule has 1 unspecified atom stereocenters. The predicted molar refractivity (Wildman–Crippen MR) is 82.6 cm³/mol. The molecule has 134 valence electrons. The van der Waals surface area contributed by atoms with E-state index in [1.165, 1.54) is 23.1 Å². The Morgan fingerprint density at radius 1 is 1.32 bits per heavy atom. The fourth-order valence-electron chi connectivity index (χ4n) is 2.88. The third-order valence-electron chi connectivity index (χ3n) is 4.22. The molecule has 0 saturated carbocycles. The standard InChI is InChI=1S/C17H18F3N3O2/c1-10(2)15-21-16(25-22-15)12-7-14(24)23(9-12)8-11-5-3-4-6-13(11)17(18,19)20/h3-6,10,12H,7-9H2,1-2H3. The van der Waals surface area contributed by atoms with E-state index < -0.39 is 11.7 Å². The number of nitrogens with zero attached hydrogens (tertiary/aromatic N) is 3. The van der Waals surface area contributed by atoms with Gasteiger partial charge in [0.15, 0.2) is 5.82 Å². The number of hydrogen-bond donors (Lipinski definition) is 0. The Labute approximate surface area is 142 Å². The molecule has 0 spiro atoms. The smallest absolute Gasteiger partial charge is 0.339 e. The molecule has 0 aliphatic carbocycles. The van der Waals surface area contributed by atoms with Crippen LogP contribution in [-0.2, 0) is 17.5 Å². The molecule has 1 fully saturated rings. The number of halogens is 3. The van der Waals surface area contributed by atoms with Crippen molar-refractivity contribution in [3.63, 3.8) is 0 Å². The van der Waals surface area contributed by atoms with Gasteiger partial charge in [-0.2, -0.15) is 18.2 Å². The van der Waals surface area contributed by atoms with Crippen LogP contribution >= 0.6 is 0 Å². The monoisotopic (exact) mass is 353 g/mol. The zero-order valence-electron chi connectivity index (χ0n) is 13.9. The summed E-state index contributed by atoms with van der Waals surface area (Å²) >= 11 is 0. The highest BCUT2D eigenvalue weighted by atomic mass is 19.4. The minimum Gasteiger partial charge on any atom is -0.339 e. The summed E-state index contributed by atoms with van der Waals surface area (Å²) in [7, 11) is 0. The quantitative estimate of drug-likeness (QED) is 0.840. The first kappa shape index (κ1) is 17.4. The van der Waals surface area contributed by atoms with Gasteiger partial charge in [0.25, 0.3) is 0 Å². The average molecular weight is 353 g/mol. The highest BCUT2D eigenvalue weighted by Crippen LogP contribution is 2.34. The lowest BCUT2D eigenvalue weighted by molar-refractivity contribution is -0.139. The van der Waals surface area contributed by atoms with Crippen molar-refractivity contribution in [3.8, 4) is 0 Å². The van der Waals surface area contributed by atoms with E-state index in [0.717, 1.165) is 6.07 Å². The van der Waals surface area contributed by atoms with Crippen LogP contribution in [0.25, 0.3) is 0 Å². The number of amides is 1. The molecule has 8 heteroatoms. The minimum atomic E-state index is -4.45. The van der Waals surface area contributed by atoms with Gasteiger partial charge in [-0.3, -0.25) is 4.79 Å². The van der Waals surface area contributed by atoms with Gasteiger partial charge in [-0.15, -0.1) is 0 Å². The van der Waals surface area contributed by atoms with Gasteiger partial charge in [0.05, 0.1) is 11.5 Å². The van der Waals surface area contributed by atoms with Gasteiger partial charge < -0.3 is 9.42 Å². The van der Waals surface area contributed by atoms with Crippen LogP contribution in [-0.4, -0.2) is 27.5 Å². The second-order valence-corrected chi connectivity index (χ2v) is 6.48. The summed E-state index contributed by atoms with van der Waals surface area (Å²) in [5, 5.41) is 3.88. The average Bonchev–Trinajstić information content (AvgIpc) is 3.14. The number of likely N-dealkylation sites (tertiary alicyclic amines) is 1. The van der Waals surface area contributed by atoms with Crippen molar-refractivity contribution >= 4 is 5.91 Å². The molecule has 1 atom stereocenters. The van der Waals surface area contributed by atoms with E-state index in [1.807, 2.05) is 13.8 Å². The minimum absolute atomic E-state index is 0.0809. The molecule has 5 nitrogen and oxygen atoms in total. The maximum atomic E-state index is 13.1. The van der Waals surface area contributed by atoms with Gasteiger partial charge in [0.2, 0.25) is 11.8 Å². The van der Waals surface area contributed by atoms with Crippen molar-refractivity contribution in [2.75, 3.05) is 6.54 Å². The van der Waals surface area contributed by atoms with Crippen molar-refractivity contribution < 1.29 is 22.5 Å². The van der Waals surface area contributed by atoms with Gasteiger partial charge in [-0.05, 0) is 11.6 Å². The number of rotatable bonds is 4. The fourth-order valence-corrected chi connectivity index (χ4v) is 2.88. The fraction of sp³-hybridized carbons (Fsp3) is 0.471. The zero-order valence-corrected chi connectivity index (χ0v) is 13.9. The molecule has 1 amide bonds. The van der Waals surface area contributed by atoms with Gasteiger partial charge >= 0.3 is 6.18 Å². The molecule has 2 heterocycles. The molecule has 1 aromatic heterocycles. The largest absolute Gasteiger partial charge is 0.416 e. The summed E-state index contributed by atoms with van der Waals surface area (Å²) in [5.41, 5.74) is -0.636. The van der Waals surface area contributed by atoms with Crippen molar-refractivity contribution in [2.45, 2.75) is 44.8 Å².